The first-order valence-electron chi connectivity index (χ1n) is 9.48. The van der Waals surface area contributed by atoms with Crippen molar-refractivity contribution in [2.75, 3.05) is 25.5 Å². The maximum atomic E-state index is 13.2. The number of hydrogen-bond acceptors (Lipinski definition) is 6. The predicted octanol–water partition coefficient (Wildman–Crippen LogP) is 0.0854. The zero-order valence-corrected chi connectivity index (χ0v) is 18.3. The van der Waals surface area contributed by atoms with Crippen LogP contribution in [0.5, 0.6) is 0 Å². The highest BCUT2D eigenvalue weighted by atomic mass is 32.2. The molecule has 0 saturated carbocycles. The minimum absolute atomic E-state index is 0.0913. The molecule has 0 atom stereocenters. The van der Waals surface area contributed by atoms with Crippen LogP contribution in [-0.4, -0.2) is 53.4 Å². The molecule has 3 aromatic rings. The molecule has 1 aliphatic rings. The number of aryl methyl sites for hydroxylation is 1. The molecule has 0 saturated heterocycles. The van der Waals surface area contributed by atoms with Gasteiger partial charge in [0.1, 0.15) is 11.3 Å². The Morgan fingerprint density at radius 1 is 1.06 bits per heavy atom. The number of aromatic nitrogens is 3. The molecule has 0 N–H and O–H groups in total. The minimum Gasteiger partial charge on any atom is -0.306 e. The Bertz CT molecular complexity index is 1470. The third kappa shape index (κ3) is 3.17. The molecular formula is C20H21N5O5S. The van der Waals surface area contributed by atoms with Crippen LogP contribution in [0.25, 0.3) is 11.0 Å². The molecule has 11 heteroatoms. The summed E-state index contributed by atoms with van der Waals surface area (Å²) in [6.07, 6.45) is 0.504. The Morgan fingerprint density at radius 2 is 1.77 bits per heavy atom. The summed E-state index contributed by atoms with van der Waals surface area (Å²) in [4.78, 5) is 43.7. The molecule has 4 rings (SSSR count). The molecule has 0 spiro atoms. The van der Waals surface area contributed by atoms with Gasteiger partial charge in [0.2, 0.25) is 10.0 Å². The Morgan fingerprint density at radius 3 is 2.45 bits per heavy atom. The van der Waals surface area contributed by atoms with E-state index in [0.717, 1.165) is 14.4 Å². The van der Waals surface area contributed by atoms with E-state index in [2.05, 4.69) is 4.98 Å². The number of rotatable bonds is 3. The third-order valence-electron chi connectivity index (χ3n) is 5.49. The number of benzene rings is 1. The third-order valence-corrected chi connectivity index (χ3v) is 7.30. The zero-order chi connectivity index (χ0) is 22.7. The number of anilines is 1. The van der Waals surface area contributed by atoms with Gasteiger partial charge in [-0.2, -0.15) is 0 Å². The Labute approximate surface area is 178 Å². The van der Waals surface area contributed by atoms with E-state index in [1.54, 1.807) is 12.1 Å². The van der Waals surface area contributed by atoms with E-state index < -0.39 is 27.2 Å². The molecule has 1 amide bonds. The van der Waals surface area contributed by atoms with Gasteiger partial charge in [0.25, 0.3) is 11.5 Å². The molecule has 2 aromatic heterocycles. The van der Waals surface area contributed by atoms with Crippen LogP contribution in [0.15, 0.2) is 44.8 Å². The largest absolute Gasteiger partial charge is 0.332 e. The Balaban J connectivity index is 1.75. The normalized spacial score (nSPS) is 13.8. The fraction of sp³-hybridized carbons (Fsp3) is 0.300. The minimum atomic E-state index is -3.58. The number of fused-ring (bicyclic) bond motifs is 2. The molecule has 0 radical (unpaired) electrons. The van der Waals surface area contributed by atoms with Gasteiger partial charge >= 0.3 is 5.69 Å². The number of nitrogens with zero attached hydrogens (tertiary/aromatic N) is 5. The second kappa shape index (κ2) is 7.13. The first-order chi connectivity index (χ1) is 14.5. The predicted molar refractivity (Wildman–Crippen MR) is 115 cm³/mol. The quantitative estimate of drug-likeness (QED) is 0.567. The van der Waals surface area contributed by atoms with E-state index >= 15 is 0 Å². The summed E-state index contributed by atoms with van der Waals surface area (Å²) >= 11 is 0. The molecule has 10 nitrogen and oxygen atoms in total. The first-order valence-corrected chi connectivity index (χ1v) is 10.9. The van der Waals surface area contributed by atoms with E-state index in [4.69, 9.17) is 0 Å². The lowest BCUT2D eigenvalue weighted by Crippen LogP contribution is -2.37. The summed E-state index contributed by atoms with van der Waals surface area (Å²) in [5.74, 6) is -0.392. The lowest BCUT2D eigenvalue weighted by Gasteiger charge is -2.18. The molecule has 0 fully saturated rings. The summed E-state index contributed by atoms with van der Waals surface area (Å²) in [6.45, 7) is 0.370. The van der Waals surface area contributed by atoms with Crippen LogP contribution >= 0.6 is 0 Å². The summed E-state index contributed by atoms with van der Waals surface area (Å²) < 4.78 is 28.1. The van der Waals surface area contributed by atoms with Crippen molar-refractivity contribution in [3.05, 3.63) is 62.4 Å². The van der Waals surface area contributed by atoms with Crippen LogP contribution in [-0.2, 0) is 30.5 Å². The lowest BCUT2D eigenvalue weighted by atomic mass is 10.2. The van der Waals surface area contributed by atoms with E-state index in [-0.39, 0.29) is 21.6 Å². The topological polar surface area (TPSA) is 115 Å². The van der Waals surface area contributed by atoms with Gasteiger partial charge in [-0.15, -0.1) is 0 Å². The van der Waals surface area contributed by atoms with Crippen LogP contribution in [0.2, 0.25) is 0 Å². The fourth-order valence-corrected chi connectivity index (χ4v) is 4.62. The van der Waals surface area contributed by atoms with E-state index in [0.29, 0.717) is 18.7 Å². The summed E-state index contributed by atoms with van der Waals surface area (Å²) in [5, 5.41) is 0.238. The van der Waals surface area contributed by atoms with Gasteiger partial charge in [0, 0.05) is 40.4 Å². The van der Waals surface area contributed by atoms with E-state index in [1.165, 1.54) is 55.9 Å². The highest BCUT2D eigenvalue weighted by Gasteiger charge is 2.29. The van der Waals surface area contributed by atoms with Crippen molar-refractivity contribution in [2.24, 2.45) is 14.1 Å². The number of carbonyl (C=O) groups is 1. The van der Waals surface area contributed by atoms with Crippen LogP contribution in [0.1, 0.15) is 16.1 Å². The number of hydrogen-bond donors (Lipinski definition) is 0. The average Bonchev–Trinajstić information content (AvgIpc) is 3.18. The number of carbonyl (C=O) groups excluding carboxylic acids is 1. The van der Waals surface area contributed by atoms with E-state index in [9.17, 15) is 22.8 Å². The molecule has 3 heterocycles. The SMILES string of the molecule is CN(C)S(=O)(=O)c1ccc2c(c1)CCN2C(=O)c1ccc2c(=O)n(C)c(=O)n(C)c2n1. The second-order valence-corrected chi connectivity index (χ2v) is 9.71. The smallest absolute Gasteiger partial charge is 0.306 e. The summed E-state index contributed by atoms with van der Waals surface area (Å²) in [7, 11) is 2.22. The van der Waals surface area contributed by atoms with Crippen molar-refractivity contribution < 1.29 is 13.2 Å². The second-order valence-electron chi connectivity index (χ2n) is 7.56. The van der Waals surface area contributed by atoms with Gasteiger partial charge in [0.15, 0.2) is 0 Å². The van der Waals surface area contributed by atoms with Crippen molar-refractivity contribution in [1.29, 1.82) is 0 Å². The lowest BCUT2D eigenvalue weighted by molar-refractivity contribution is 0.0985. The first kappa shape index (κ1) is 20.9. The highest BCUT2D eigenvalue weighted by molar-refractivity contribution is 7.89. The molecular weight excluding hydrogens is 422 g/mol. The summed E-state index contributed by atoms with van der Waals surface area (Å²) in [6, 6.07) is 7.61. The van der Waals surface area contributed by atoms with Gasteiger partial charge in [-0.25, -0.2) is 22.5 Å². The van der Waals surface area contributed by atoms with Crippen LogP contribution in [0, 0.1) is 0 Å². The van der Waals surface area contributed by atoms with Crippen molar-refractivity contribution in [1.82, 2.24) is 18.4 Å². The molecule has 0 aliphatic carbocycles. The van der Waals surface area contributed by atoms with Gasteiger partial charge in [0.05, 0.1) is 10.3 Å². The van der Waals surface area contributed by atoms with Crippen molar-refractivity contribution in [3.8, 4) is 0 Å². The zero-order valence-electron chi connectivity index (χ0n) is 17.5. The molecule has 31 heavy (non-hydrogen) atoms. The van der Waals surface area contributed by atoms with Crippen molar-refractivity contribution >= 4 is 32.7 Å². The fourth-order valence-electron chi connectivity index (χ4n) is 3.67. The molecule has 1 aromatic carbocycles. The van der Waals surface area contributed by atoms with Crippen LogP contribution in [0.4, 0.5) is 5.69 Å². The highest BCUT2D eigenvalue weighted by Crippen LogP contribution is 2.31. The van der Waals surface area contributed by atoms with E-state index in [1.807, 2.05) is 0 Å². The molecule has 0 bridgehead atoms. The molecule has 162 valence electrons. The molecule has 1 aliphatic heterocycles. The standard InChI is InChI=1S/C20H21N5O5S/c1-22(2)31(29,30)13-5-8-16-12(11-13)9-10-25(16)19(27)15-7-6-14-17(21-15)23(3)20(28)24(4)18(14)26/h5-8,11H,9-10H2,1-4H3. The van der Waals surface area contributed by atoms with Crippen molar-refractivity contribution in [3.63, 3.8) is 0 Å². The number of pyridine rings is 1. The molecule has 0 unspecified atom stereocenters. The summed E-state index contributed by atoms with van der Waals surface area (Å²) in [5.41, 5.74) is 0.571. The maximum Gasteiger partial charge on any atom is 0.332 e. The Kier molecular flexibility index (Phi) is 4.82. The Hall–Kier alpha value is -3.31. The van der Waals surface area contributed by atoms with Gasteiger partial charge < -0.3 is 4.90 Å². The monoisotopic (exact) mass is 443 g/mol. The van der Waals surface area contributed by atoms with Crippen LogP contribution in [0.3, 0.4) is 0 Å². The van der Waals surface area contributed by atoms with Crippen molar-refractivity contribution in [2.45, 2.75) is 11.3 Å². The number of sulfonamides is 1. The number of amides is 1. The maximum absolute atomic E-state index is 13.2. The van der Waals surface area contributed by atoms with Gasteiger partial charge in [-0.05, 0) is 42.3 Å². The van der Waals surface area contributed by atoms with Gasteiger partial charge in [-0.1, -0.05) is 0 Å². The van der Waals surface area contributed by atoms with Crippen LogP contribution < -0.4 is 16.1 Å². The van der Waals surface area contributed by atoms with Gasteiger partial charge in [-0.3, -0.25) is 18.7 Å². The average molecular weight is 443 g/mol.